The zero-order valence-electron chi connectivity index (χ0n) is 14.2. The van der Waals surface area contributed by atoms with Crippen LogP contribution >= 0.6 is 0 Å². The van der Waals surface area contributed by atoms with Gasteiger partial charge in [-0.15, -0.1) is 0 Å². The molecule has 6 nitrogen and oxygen atoms in total. The Morgan fingerprint density at radius 2 is 1.92 bits per heavy atom. The number of benzene rings is 2. The number of sulfone groups is 1. The number of hydrogen-bond acceptors (Lipinski definition) is 5. The molecular formula is C19H20N2O4S. The van der Waals surface area contributed by atoms with E-state index in [1.165, 1.54) is 6.21 Å². The van der Waals surface area contributed by atoms with E-state index in [1.807, 2.05) is 54.6 Å². The summed E-state index contributed by atoms with van der Waals surface area (Å²) in [5, 5.41) is 3.94. The van der Waals surface area contributed by atoms with Gasteiger partial charge in [0.1, 0.15) is 11.5 Å². The Balaban J connectivity index is 1.52. The predicted octanol–water partition coefficient (Wildman–Crippen LogP) is 2.75. The molecule has 0 saturated carbocycles. The van der Waals surface area contributed by atoms with Crippen LogP contribution in [0.2, 0.25) is 0 Å². The van der Waals surface area contributed by atoms with E-state index < -0.39 is 9.84 Å². The molecule has 0 aromatic heterocycles. The lowest BCUT2D eigenvalue weighted by molar-refractivity contribution is -0.121. The molecule has 1 heterocycles. The van der Waals surface area contributed by atoms with Crippen LogP contribution in [0.25, 0.3) is 0 Å². The summed E-state index contributed by atoms with van der Waals surface area (Å²) >= 11 is 0. The first-order chi connectivity index (χ1) is 12.5. The lowest BCUT2D eigenvalue weighted by Gasteiger charge is -2.06. The summed E-state index contributed by atoms with van der Waals surface area (Å²) in [6, 6.07) is 16.8. The fourth-order valence-electron chi connectivity index (χ4n) is 2.80. The minimum atomic E-state index is -2.97. The second-order valence-corrected chi connectivity index (χ2v) is 8.48. The smallest absolute Gasteiger partial charge is 0.240 e. The molecule has 1 atom stereocenters. The summed E-state index contributed by atoms with van der Waals surface area (Å²) in [7, 11) is -2.97. The Bertz CT molecular complexity index is 895. The third-order valence-corrected chi connectivity index (χ3v) is 5.88. The van der Waals surface area contributed by atoms with Gasteiger partial charge in [-0.2, -0.15) is 5.10 Å². The van der Waals surface area contributed by atoms with E-state index in [9.17, 15) is 13.2 Å². The predicted molar refractivity (Wildman–Crippen MR) is 100 cm³/mol. The maximum atomic E-state index is 11.9. The standard InChI is InChI=1S/C19H20N2O4S/c22-19(12-16-9-10-26(23,24)14-16)21-20-13-15-5-4-8-18(11-15)25-17-6-2-1-3-7-17/h1-8,11,13,16H,9-10,12,14H2,(H,21,22)/b20-13-/t16-/m0/s1. The number of para-hydroxylation sites is 1. The quantitative estimate of drug-likeness (QED) is 0.624. The highest BCUT2D eigenvalue weighted by Crippen LogP contribution is 2.22. The molecule has 0 aliphatic carbocycles. The molecule has 2 aromatic carbocycles. The van der Waals surface area contributed by atoms with Gasteiger partial charge in [0.15, 0.2) is 9.84 Å². The maximum Gasteiger partial charge on any atom is 0.240 e. The third kappa shape index (κ3) is 5.42. The largest absolute Gasteiger partial charge is 0.457 e. The fraction of sp³-hybridized carbons (Fsp3) is 0.263. The average Bonchev–Trinajstić information content (AvgIpc) is 2.94. The highest BCUT2D eigenvalue weighted by Gasteiger charge is 2.29. The molecule has 0 spiro atoms. The second-order valence-electron chi connectivity index (χ2n) is 6.25. The molecular weight excluding hydrogens is 352 g/mol. The van der Waals surface area contributed by atoms with Gasteiger partial charge in [-0.1, -0.05) is 30.3 Å². The zero-order valence-corrected chi connectivity index (χ0v) is 15.0. The van der Waals surface area contributed by atoms with E-state index in [2.05, 4.69) is 10.5 Å². The minimum absolute atomic E-state index is 0.0863. The van der Waals surface area contributed by atoms with Crippen molar-refractivity contribution in [3.63, 3.8) is 0 Å². The molecule has 0 bridgehead atoms. The van der Waals surface area contributed by atoms with Crippen LogP contribution in [0, 0.1) is 5.92 Å². The van der Waals surface area contributed by atoms with Crippen molar-refractivity contribution in [3.8, 4) is 11.5 Å². The summed E-state index contributed by atoms with van der Waals surface area (Å²) in [6.45, 7) is 0. The Morgan fingerprint density at radius 3 is 2.65 bits per heavy atom. The number of hydrogen-bond donors (Lipinski definition) is 1. The van der Waals surface area contributed by atoms with Gasteiger partial charge >= 0.3 is 0 Å². The van der Waals surface area contributed by atoms with Gasteiger partial charge in [0.2, 0.25) is 5.91 Å². The molecule has 1 N–H and O–H groups in total. The number of ether oxygens (including phenoxy) is 1. The van der Waals surface area contributed by atoms with Crippen LogP contribution in [0.4, 0.5) is 0 Å². The van der Waals surface area contributed by atoms with Gasteiger partial charge < -0.3 is 4.74 Å². The Morgan fingerprint density at radius 1 is 1.15 bits per heavy atom. The first-order valence-electron chi connectivity index (χ1n) is 8.35. The molecule has 1 aliphatic rings. The van der Waals surface area contributed by atoms with Crippen molar-refractivity contribution in [2.24, 2.45) is 11.0 Å². The molecule has 1 saturated heterocycles. The van der Waals surface area contributed by atoms with Crippen LogP contribution in [0.5, 0.6) is 11.5 Å². The highest BCUT2D eigenvalue weighted by molar-refractivity contribution is 7.91. The molecule has 136 valence electrons. The van der Waals surface area contributed by atoms with Crippen molar-refractivity contribution >= 4 is 22.0 Å². The van der Waals surface area contributed by atoms with Gasteiger partial charge in [0, 0.05) is 6.42 Å². The number of nitrogens with one attached hydrogen (secondary N) is 1. The number of amides is 1. The number of carbonyl (C=O) groups excluding carboxylic acids is 1. The molecule has 3 rings (SSSR count). The molecule has 7 heteroatoms. The van der Waals surface area contributed by atoms with Crippen LogP contribution in [-0.4, -0.2) is 32.0 Å². The zero-order chi connectivity index (χ0) is 18.4. The lowest BCUT2D eigenvalue weighted by Crippen LogP contribution is -2.21. The molecule has 1 amide bonds. The maximum absolute atomic E-state index is 11.9. The average molecular weight is 372 g/mol. The normalized spacial score (nSPS) is 18.7. The van der Waals surface area contributed by atoms with Gasteiger partial charge in [-0.3, -0.25) is 4.79 Å². The van der Waals surface area contributed by atoms with Crippen LogP contribution in [-0.2, 0) is 14.6 Å². The monoisotopic (exact) mass is 372 g/mol. The Labute approximate surface area is 152 Å². The van der Waals surface area contributed by atoms with Crippen LogP contribution in [0.15, 0.2) is 59.7 Å². The highest BCUT2D eigenvalue weighted by atomic mass is 32.2. The first kappa shape index (κ1) is 18.1. The summed E-state index contributed by atoms with van der Waals surface area (Å²) in [6.07, 6.45) is 2.24. The lowest BCUT2D eigenvalue weighted by atomic mass is 10.1. The summed E-state index contributed by atoms with van der Waals surface area (Å²) in [4.78, 5) is 11.9. The first-order valence-corrected chi connectivity index (χ1v) is 10.2. The van der Waals surface area contributed by atoms with E-state index in [0.717, 1.165) is 11.3 Å². The van der Waals surface area contributed by atoms with Crippen molar-refractivity contribution in [1.29, 1.82) is 0 Å². The topological polar surface area (TPSA) is 84.8 Å². The van der Waals surface area contributed by atoms with E-state index in [1.54, 1.807) is 0 Å². The Hall–Kier alpha value is -2.67. The summed E-state index contributed by atoms with van der Waals surface area (Å²) < 4.78 is 28.6. The molecule has 1 fully saturated rings. The van der Waals surface area contributed by atoms with Crippen molar-refractivity contribution in [3.05, 3.63) is 60.2 Å². The van der Waals surface area contributed by atoms with E-state index >= 15 is 0 Å². The van der Waals surface area contributed by atoms with Gasteiger partial charge in [-0.05, 0) is 42.2 Å². The number of carbonyl (C=O) groups is 1. The molecule has 2 aromatic rings. The number of hydrazone groups is 1. The van der Waals surface area contributed by atoms with Gasteiger partial charge in [0.05, 0.1) is 17.7 Å². The van der Waals surface area contributed by atoms with Crippen molar-refractivity contribution in [1.82, 2.24) is 5.43 Å². The molecule has 1 aliphatic heterocycles. The second kappa shape index (κ2) is 8.14. The van der Waals surface area contributed by atoms with Crippen molar-refractivity contribution in [2.45, 2.75) is 12.8 Å². The third-order valence-electron chi connectivity index (χ3n) is 4.04. The molecule has 26 heavy (non-hydrogen) atoms. The van der Waals surface area contributed by atoms with Crippen LogP contribution in [0.3, 0.4) is 0 Å². The SMILES string of the molecule is O=C(C[C@@H]1CCS(=O)(=O)C1)N/N=C\c1cccc(Oc2ccccc2)c1. The van der Waals surface area contributed by atoms with Gasteiger partial charge in [0.25, 0.3) is 0 Å². The van der Waals surface area contributed by atoms with Crippen molar-refractivity contribution < 1.29 is 17.9 Å². The van der Waals surface area contributed by atoms with E-state index in [0.29, 0.717) is 12.2 Å². The molecule has 0 unspecified atom stereocenters. The van der Waals surface area contributed by atoms with E-state index in [-0.39, 0.29) is 29.8 Å². The minimum Gasteiger partial charge on any atom is -0.457 e. The summed E-state index contributed by atoms with van der Waals surface area (Å²) in [5.74, 6) is 1.27. The number of nitrogens with zero attached hydrogens (tertiary/aromatic N) is 1. The Kier molecular flexibility index (Phi) is 5.68. The fourth-order valence-corrected chi connectivity index (χ4v) is 4.66. The summed E-state index contributed by atoms with van der Waals surface area (Å²) in [5.41, 5.74) is 3.23. The van der Waals surface area contributed by atoms with Crippen molar-refractivity contribution in [2.75, 3.05) is 11.5 Å². The molecule has 0 radical (unpaired) electrons. The van der Waals surface area contributed by atoms with Gasteiger partial charge in [-0.25, -0.2) is 13.8 Å². The van der Waals surface area contributed by atoms with Crippen LogP contribution < -0.4 is 10.2 Å². The number of rotatable bonds is 6. The van der Waals surface area contributed by atoms with E-state index in [4.69, 9.17) is 4.74 Å². The van der Waals surface area contributed by atoms with Crippen LogP contribution in [0.1, 0.15) is 18.4 Å².